The molecule has 0 saturated carbocycles. The number of nitro benzene ring substituents is 1. The molecule has 6 nitrogen and oxygen atoms in total. The molecule has 0 aliphatic rings. The summed E-state index contributed by atoms with van der Waals surface area (Å²) in [7, 11) is 0. The van der Waals surface area contributed by atoms with Gasteiger partial charge in [-0.25, -0.2) is 4.98 Å². The third-order valence-electron chi connectivity index (χ3n) is 3.05. The van der Waals surface area contributed by atoms with Gasteiger partial charge in [-0.15, -0.1) is 22.7 Å². The van der Waals surface area contributed by atoms with Crippen molar-refractivity contribution in [3.8, 4) is 11.3 Å². The van der Waals surface area contributed by atoms with E-state index in [1.807, 2.05) is 17.5 Å². The molecule has 0 bridgehead atoms. The molecule has 2 aromatic heterocycles. The molecule has 0 atom stereocenters. The minimum Gasteiger partial charge on any atom is -0.298 e. The van der Waals surface area contributed by atoms with Gasteiger partial charge >= 0.3 is 0 Å². The maximum absolute atomic E-state index is 11.9. The van der Waals surface area contributed by atoms with Crippen LogP contribution >= 0.6 is 22.7 Å². The second-order valence-electron chi connectivity index (χ2n) is 4.68. The summed E-state index contributed by atoms with van der Waals surface area (Å²) in [6.45, 7) is 0. The van der Waals surface area contributed by atoms with E-state index in [2.05, 4.69) is 10.3 Å². The monoisotopic (exact) mass is 357 g/mol. The lowest BCUT2D eigenvalue weighted by molar-refractivity contribution is -0.384. The summed E-state index contributed by atoms with van der Waals surface area (Å²) in [6, 6.07) is 9.96. The molecule has 0 radical (unpaired) electrons. The first kappa shape index (κ1) is 16.0. The molecule has 8 heteroatoms. The van der Waals surface area contributed by atoms with Crippen LogP contribution in [0.1, 0.15) is 4.88 Å². The van der Waals surface area contributed by atoms with Crippen LogP contribution in [-0.4, -0.2) is 15.8 Å². The van der Waals surface area contributed by atoms with E-state index >= 15 is 0 Å². The first-order valence-electron chi connectivity index (χ1n) is 6.85. The van der Waals surface area contributed by atoms with Gasteiger partial charge < -0.3 is 0 Å². The van der Waals surface area contributed by atoms with Crippen molar-refractivity contribution in [2.75, 3.05) is 5.32 Å². The summed E-state index contributed by atoms with van der Waals surface area (Å²) in [5.74, 6) is -0.256. The zero-order chi connectivity index (χ0) is 16.9. The highest BCUT2D eigenvalue weighted by Gasteiger charge is 2.09. The van der Waals surface area contributed by atoms with Crippen LogP contribution in [0.5, 0.6) is 0 Å². The maximum atomic E-state index is 11.9. The average molecular weight is 357 g/mol. The fourth-order valence-corrected chi connectivity index (χ4v) is 3.25. The first-order chi connectivity index (χ1) is 11.6. The van der Waals surface area contributed by atoms with Gasteiger partial charge in [0.15, 0.2) is 5.13 Å². The Morgan fingerprint density at radius 1 is 1.21 bits per heavy atom. The summed E-state index contributed by atoms with van der Waals surface area (Å²) >= 11 is 2.85. The van der Waals surface area contributed by atoms with Gasteiger partial charge in [0.2, 0.25) is 5.91 Å². The van der Waals surface area contributed by atoms with Gasteiger partial charge in [-0.2, -0.15) is 0 Å². The lowest BCUT2D eigenvalue weighted by Gasteiger charge is -1.97. The largest absolute Gasteiger partial charge is 0.298 e. The number of thiophene rings is 1. The SMILES string of the molecule is O=C(/C=C\c1cccs1)Nc1nc(-c2ccc([N+](=O)[O-])cc2)cs1. The molecule has 120 valence electrons. The number of hydrogen-bond acceptors (Lipinski definition) is 6. The van der Waals surface area contributed by atoms with E-state index < -0.39 is 4.92 Å². The van der Waals surface area contributed by atoms with E-state index in [1.54, 1.807) is 34.9 Å². The van der Waals surface area contributed by atoms with Crippen molar-refractivity contribution in [3.63, 3.8) is 0 Å². The first-order valence-corrected chi connectivity index (χ1v) is 8.61. The van der Waals surface area contributed by atoms with Gasteiger partial charge in [0.25, 0.3) is 5.69 Å². The molecule has 1 amide bonds. The van der Waals surface area contributed by atoms with Crippen LogP contribution in [0.25, 0.3) is 17.3 Å². The van der Waals surface area contributed by atoms with Gasteiger partial charge in [0.05, 0.1) is 10.6 Å². The number of carbonyl (C=O) groups excluding carboxylic acids is 1. The summed E-state index contributed by atoms with van der Waals surface area (Å²) in [5, 5.41) is 17.6. The Labute approximate surface area is 145 Å². The summed E-state index contributed by atoms with van der Waals surface area (Å²) < 4.78 is 0. The van der Waals surface area contributed by atoms with Crippen molar-refractivity contribution in [3.05, 3.63) is 68.2 Å². The number of anilines is 1. The van der Waals surface area contributed by atoms with Crippen LogP contribution in [0.3, 0.4) is 0 Å². The van der Waals surface area contributed by atoms with Gasteiger partial charge in [-0.05, 0) is 29.7 Å². The third kappa shape index (κ3) is 3.92. The third-order valence-corrected chi connectivity index (χ3v) is 4.65. The van der Waals surface area contributed by atoms with Crippen molar-refractivity contribution in [1.29, 1.82) is 0 Å². The minimum atomic E-state index is -0.448. The zero-order valence-electron chi connectivity index (χ0n) is 12.2. The van der Waals surface area contributed by atoms with E-state index in [-0.39, 0.29) is 11.6 Å². The van der Waals surface area contributed by atoms with Crippen LogP contribution in [0, 0.1) is 10.1 Å². The van der Waals surface area contributed by atoms with Crippen molar-refractivity contribution >= 4 is 45.5 Å². The molecule has 3 rings (SSSR count). The fourth-order valence-electron chi connectivity index (χ4n) is 1.91. The van der Waals surface area contributed by atoms with E-state index in [4.69, 9.17) is 0 Å². The number of hydrogen-bond donors (Lipinski definition) is 1. The smallest absolute Gasteiger partial charge is 0.269 e. The average Bonchev–Trinajstić information content (AvgIpc) is 3.25. The number of carbonyl (C=O) groups is 1. The predicted molar refractivity (Wildman–Crippen MR) is 96.2 cm³/mol. The Morgan fingerprint density at radius 3 is 2.67 bits per heavy atom. The van der Waals surface area contributed by atoms with Gasteiger partial charge in [-0.3, -0.25) is 20.2 Å². The molecule has 24 heavy (non-hydrogen) atoms. The molecule has 0 unspecified atom stereocenters. The summed E-state index contributed by atoms with van der Waals surface area (Å²) in [5.41, 5.74) is 1.44. The molecular formula is C16H11N3O3S2. The minimum absolute atomic E-state index is 0.0289. The van der Waals surface area contributed by atoms with Crippen LogP contribution in [0.2, 0.25) is 0 Å². The van der Waals surface area contributed by atoms with Crippen molar-refractivity contribution in [2.45, 2.75) is 0 Å². The maximum Gasteiger partial charge on any atom is 0.269 e. The van der Waals surface area contributed by atoms with Crippen molar-refractivity contribution in [2.24, 2.45) is 0 Å². The predicted octanol–water partition coefficient (Wildman–Crippen LogP) is 4.43. The second-order valence-corrected chi connectivity index (χ2v) is 6.52. The number of amides is 1. The normalized spacial score (nSPS) is 10.8. The van der Waals surface area contributed by atoms with Gasteiger partial charge in [-0.1, -0.05) is 6.07 Å². The Bertz CT molecular complexity index is 884. The van der Waals surface area contributed by atoms with E-state index in [1.165, 1.54) is 29.5 Å². The highest BCUT2D eigenvalue weighted by molar-refractivity contribution is 7.14. The quantitative estimate of drug-likeness (QED) is 0.416. The number of nitro groups is 1. The molecule has 1 aromatic carbocycles. The number of rotatable bonds is 5. The topological polar surface area (TPSA) is 85.1 Å². The Kier molecular flexibility index (Phi) is 4.78. The lowest BCUT2D eigenvalue weighted by atomic mass is 10.1. The molecule has 0 aliphatic heterocycles. The van der Waals surface area contributed by atoms with Crippen molar-refractivity contribution in [1.82, 2.24) is 4.98 Å². The van der Waals surface area contributed by atoms with Crippen LogP contribution in [0.4, 0.5) is 10.8 Å². The molecule has 1 N–H and O–H groups in total. The second kappa shape index (κ2) is 7.16. The number of benzene rings is 1. The fraction of sp³-hybridized carbons (Fsp3) is 0. The Hall–Kier alpha value is -2.84. The van der Waals surface area contributed by atoms with Crippen LogP contribution < -0.4 is 5.32 Å². The Morgan fingerprint density at radius 2 is 2.00 bits per heavy atom. The lowest BCUT2D eigenvalue weighted by Crippen LogP contribution is -2.07. The summed E-state index contributed by atoms with van der Waals surface area (Å²) in [4.78, 5) is 27.4. The number of nitrogens with zero attached hydrogens (tertiary/aromatic N) is 2. The molecular weight excluding hydrogens is 346 g/mol. The van der Waals surface area contributed by atoms with Crippen molar-refractivity contribution < 1.29 is 9.72 Å². The summed E-state index contributed by atoms with van der Waals surface area (Å²) in [6.07, 6.45) is 3.20. The molecule has 2 heterocycles. The molecule has 3 aromatic rings. The highest BCUT2D eigenvalue weighted by Crippen LogP contribution is 2.26. The Balaban J connectivity index is 1.66. The van der Waals surface area contributed by atoms with Gasteiger partial charge in [0.1, 0.15) is 0 Å². The van der Waals surface area contributed by atoms with Gasteiger partial charge in [0, 0.05) is 34.0 Å². The number of nitrogens with one attached hydrogen (secondary N) is 1. The zero-order valence-corrected chi connectivity index (χ0v) is 13.8. The van der Waals surface area contributed by atoms with Crippen LogP contribution in [0.15, 0.2) is 53.2 Å². The standard InChI is InChI=1S/C16H11N3O3S2/c20-15(8-7-13-2-1-9-23-13)18-16-17-14(10-24-16)11-3-5-12(6-4-11)19(21)22/h1-10H,(H,17,18,20)/b8-7-. The van der Waals surface area contributed by atoms with E-state index in [0.717, 1.165) is 10.4 Å². The van der Waals surface area contributed by atoms with E-state index in [9.17, 15) is 14.9 Å². The molecule has 0 saturated heterocycles. The van der Waals surface area contributed by atoms with Crippen LogP contribution in [-0.2, 0) is 4.79 Å². The molecule has 0 spiro atoms. The number of thiazole rings is 1. The molecule has 0 fully saturated rings. The number of non-ortho nitro benzene ring substituents is 1. The highest BCUT2D eigenvalue weighted by atomic mass is 32.1. The molecule has 0 aliphatic carbocycles. The number of aromatic nitrogens is 1. The van der Waals surface area contributed by atoms with E-state index in [0.29, 0.717) is 10.8 Å².